The van der Waals surface area contributed by atoms with E-state index in [4.69, 9.17) is 12.2 Å². The van der Waals surface area contributed by atoms with Crippen LogP contribution in [0.4, 0.5) is 0 Å². The van der Waals surface area contributed by atoms with Crippen LogP contribution in [0.1, 0.15) is 33.1 Å². The highest BCUT2D eigenvalue weighted by molar-refractivity contribution is 5.79. The van der Waals surface area contributed by atoms with E-state index in [9.17, 15) is 4.79 Å². The molecule has 3 nitrogen and oxygen atoms in total. The third-order valence-corrected chi connectivity index (χ3v) is 2.44. The van der Waals surface area contributed by atoms with E-state index in [0.717, 1.165) is 19.3 Å². The molecular formula is C12H22N2O. The van der Waals surface area contributed by atoms with Gasteiger partial charge in [-0.3, -0.25) is 4.79 Å². The lowest BCUT2D eigenvalue weighted by molar-refractivity contribution is -0.125. The van der Waals surface area contributed by atoms with E-state index in [0.29, 0.717) is 19.0 Å². The minimum atomic E-state index is -0.0716. The molecule has 0 heterocycles. The number of unbranched alkanes of at least 4 members (excludes halogenated alkanes) is 2. The smallest absolute Gasteiger partial charge is 0.224 e. The Bertz CT molecular complexity index is 218. The fourth-order valence-corrected chi connectivity index (χ4v) is 1.38. The Hall–Kier alpha value is -1.01. The van der Waals surface area contributed by atoms with Crippen LogP contribution in [0.5, 0.6) is 0 Å². The standard InChI is InChI=1S/C12H22N2O/c1-4-5-6-7-8-14-12(15)11(9-13)10(2)3/h1,10-11H,5-9,13H2,2-3H3,(H,14,15). The maximum absolute atomic E-state index is 11.6. The van der Waals surface area contributed by atoms with Crippen LogP contribution in [-0.4, -0.2) is 19.0 Å². The van der Waals surface area contributed by atoms with E-state index >= 15 is 0 Å². The molecule has 0 aromatic rings. The summed E-state index contributed by atoms with van der Waals surface area (Å²) in [6.07, 6.45) is 7.80. The van der Waals surface area contributed by atoms with Crippen LogP contribution in [-0.2, 0) is 4.79 Å². The second-order valence-corrected chi connectivity index (χ2v) is 4.04. The van der Waals surface area contributed by atoms with Gasteiger partial charge in [0.1, 0.15) is 0 Å². The number of amides is 1. The lowest BCUT2D eigenvalue weighted by Crippen LogP contribution is -2.38. The maximum atomic E-state index is 11.6. The Morgan fingerprint density at radius 2 is 2.13 bits per heavy atom. The first-order chi connectivity index (χ1) is 7.13. The Balaban J connectivity index is 3.68. The second-order valence-electron chi connectivity index (χ2n) is 4.04. The van der Waals surface area contributed by atoms with Crippen molar-refractivity contribution in [1.82, 2.24) is 5.32 Å². The van der Waals surface area contributed by atoms with E-state index in [1.807, 2.05) is 13.8 Å². The van der Waals surface area contributed by atoms with Crippen LogP contribution in [0, 0.1) is 24.2 Å². The molecule has 0 saturated carbocycles. The van der Waals surface area contributed by atoms with Gasteiger partial charge in [0.2, 0.25) is 5.91 Å². The number of rotatable bonds is 7. The molecule has 3 heteroatoms. The summed E-state index contributed by atoms with van der Waals surface area (Å²) >= 11 is 0. The molecule has 0 radical (unpaired) electrons. The topological polar surface area (TPSA) is 55.1 Å². The molecule has 0 aromatic carbocycles. The van der Waals surface area contributed by atoms with E-state index in [1.165, 1.54) is 0 Å². The number of hydrogen-bond acceptors (Lipinski definition) is 2. The predicted molar refractivity (Wildman–Crippen MR) is 63.1 cm³/mol. The number of terminal acetylenes is 1. The molecule has 1 amide bonds. The van der Waals surface area contributed by atoms with Crippen molar-refractivity contribution in [2.24, 2.45) is 17.6 Å². The minimum absolute atomic E-state index is 0.0632. The fourth-order valence-electron chi connectivity index (χ4n) is 1.38. The molecule has 0 spiro atoms. The van der Waals surface area contributed by atoms with Gasteiger partial charge in [0, 0.05) is 19.5 Å². The van der Waals surface area contributed by atoms with E-state index in [2.05, 4.69) is 11.2 Å². The van der Waals surface area contributed by atoms with Crippen LogP contribution in [0.2, 0.25) is 0 Å². The SMILES string of the molecule is C#CCCCCNC(=O)C(CN)C(C)C. The third-order valence-electron chi connectivity index (χ3n) is 2.44. The largest absolute Gasteiger partial charge is 0.356 e. The second kappa shape index (κ2) is 8.31. The number of carbonyl (C=O) groups is 1. The van der Waals surface area contributed by atoms with E-state index < -0.39 is 0 Å². The Kier molecular flexibility index (Phi) is 7.75. The van der Waals surface area contributed by atoms with E-state index in [-0.39, 0.29) is 11.8 Å². The van der Waals surface area contributed by atoms with Crippen molar-refractivity contribution in [2.45, 2.75) is 33.1 Å². The monoisotopic (exact) mass is 210 g/mol. The van der Waals surface area contributed by atoms with Crippen LogP contribution in [0.3, 0.4) is 0 Å². The van der Waals surface area contributed by atoms with Crippen molar-refractivity contribution < 1.29 is 4.79 Å². The van der Waals surface area contributed by atoms with Gasteiger partial charge in [-0.2, -0.15) is 0 Å². The van der Waals surface area contributed by atoms with Crippen molar-refractivity contribution in [3.63, 3.8) is 0 Å². The van der Waals surface area contributed by atoms with Crippen LogP contribution in [0.25, 0.3) is 0 Å². The van der Waals surface area contributed by atoms with Crippen molar-refractivity contribution in [3.05, 3.63) is 0 Å². The number of hydrogen-bond donors (Lipinski definition) is 2. The highest BCUT2D eigenvalue weighted by atomic mass is 16.1. The van der Waals surface area contributed by atoms with Crippen molar-refractivity contribution in [2.75, 3.05) is 13.1 Å². The number of nitrogens with two attached hydrogens (primary N) is 1. The fraction of sp³-hybridized carbons (Fsp3) is 0.750. The first-order valence-corrected chi connectivity index (χ1v) is 5.54. The zero-order chi connectivity index (χ0) is 11.7. The van der Waals surface area contributed by atoms with Gasteiger partial charge in [-0.05, 0) is 18.8 Å². The van der Waals surface area contributed by atoms with Crippen LogP contribution in [0.15, 0.2) is 0 Å². The Labute approximate surface area is 92.8 Å². The Morgan fingerprint density at radius 3 is 2.60 bits per heavy atom. The summed E-state index contributed by atoms with van der Waals surface area (Å²) in [5.41, 5.74) is 5.54. The third kappa shape index (κ3) is 6.14. The summed E-state index contributed by atoms with van der Waals surface area (Å²) in [6, 6.07) is 0. The van der Waals surface area contributed by atoms with Crippen molar-refractivity contribution in [1.29, 1.82) is 0 Å². The maximum Gasteiger partial charge on any atom is 0.224 e. The molecular weight excluding hydrogens is 188 g/mol. The average molecular weight is 210 g/mol. The molecule has 3 N–H and O–H groups in total. The lowest BCUT2D eigenvalue weighted by Gasteiger charge is -2.17. The number of nitrogens with one attached hydrogen (secondary N) is 1. The van der Waals surface area contributed by atoms with Gasteiger partial charge in [0.05, 0.1) is 5.92 Å². The minimum Gasteiger partial charge on any atom is -0.356 e. The summed E-state index contributed by atoms with van der Waals surface area (Å²) in [5.74, 6) is 2.86. The van der Waals surface area contributed by atoms with Gasteiger partial charge in [-0.15, -0.1) is 12.3 Å². The van der Waals surface area contributed by atoms with E-state index in [1.54, 1.807) is 0 Å². The summed E-state index contributed by atoms with van der Waals surface area (Å²) in [6.45, 7) is 5.13. The van der Waals surface area contributed by atoms with Crippen LogP contribution < -0.4 is 11.1 Å². The normalized spacial score (nSPS) is 12.2. The molecule has 0 aliphatic rings. The molecule has 0 aliphatic heterocycles. The quantitative estimate of drug-likeness (QED) is 0.489. The highest BCUT2D eigenvalue weighted by Gasteiger charge is 2.19. The first-order valence-electron chi connectivity index (χ1n) is 5.54. The summed E-state index contributed by atoms with van der Waals surface area (Å²) < 4.78 is 0. The van der Waals surface area contributed by atoms with Crippen molar-refractivity contribution in [3.8, 4) is 12.3 Å². The zero-order valence-corrected chi connectivity index (χ0v) is 9.75. The van der Waals surface area contributed by atoms with Gasteiger partial charge in [0.25, 0.3) is 0 Å². The molecule has 1 unspecified atom stereocenters. The molecule has 0 aromatic heterocycles. The summed E-state index contributed by atoms with van der Waals surface area (Å²) in [4.78, 5) is 11.6. The molecule has 0 rings (SSSR count). The molecule has 0 fully saturated rings. The predicted octanol–water partition coefficient (Wildman–Crippen LogP) is 1.14. The van der Waals surface area contributed by atoms with Gasteiger partial charge in [-0.1, -0.05) is 13.8 Å². The first kappa shape index (κ1) is 14.0. The average Bonchev–Trinajstić information content (AvgIpc) is 2.18. The van der Waals surface area contributed by atoms with Crippen LogP contribution >= 0.6 is 0 Å². The zero-order valence-electron chi connectivity index (χ0n) is 9.75. The number of carbonyl (C=O) groups excluding carboxylic acids is 1. The highest BCUT2D eigenvalue weighted by Crippen LogP contribution is 2.08. The Morgan fingerprint density at radius 1 is 1.47 bits per heavy atom. The molecule has 0 aliphatic carbocycles. The lowest BCUT2D eigenvalue weighted by atomic mass is 9.95. The van der Waals surface area contributed by atoms with Gasteiger partial charge in [0.15, 0.2) is 0 Å². The molecule has 86 valence electrons. The summed E-state index contributed by atoms with van der Waals surface area (Å²) in [7, 11) is 0. The molecule has 0 bridgehead atoms. The molecule has 0 saturated heterocycles. The van der Waals surface area contributed by atoms with Crippen molar-refractivity contribution >= 4 is 5.91 Å². The van der Waals surface area contributed by atoms with Gasteiger partial charge in [-0.25, -0.2) is 0 Å². The van der Waals surface area contributed by atoms with Gasteiger partial charge < -0.3 is 11.1 Å². The van der Waals surface area contributed by atoms with Gasteiger partial charge >= 0.3 is 0 Å². The summed E-state index contributed by atoms with van der Waals surface area (Å²) in [5, 5.41) is 2.89. The molecule has 1 atom stereocenters. The molecule has 15 heavy (non-hydrogen) atoms.